The second-order valence-electron chi connectivity index (χ2n) is 5.41. The number of halogens is 1. The molecule has 0 bridgehead atoms. The Morgan fingerprint density at radius 2 is 1.64 bits per heavy atom. The first-order chi connectivity index (χ1) is 12.2. The molecule has 0 amide bonds. The lowest BCUT2D eigenvalue weighted by atomic mass is 10.2. The van der Waals surface area contributed by atoms with Crippen LogP contribution >= 0.6 is 0 Å². The molecule has 0 N–H and O–H groups in total. The van der Waals surface area contributed by atoms with E-state index in [-0.39, 0.29) is 17.4 Å². The molecule has 0 radical (unpaired) electrons. The van der Waals surface area contributed by atoms with Crippen molar-refractivity contribution >= 4 is 17.9 Å². The summed E-state index contributed by atoms with van der Waals surface area (Å²) in [6.45, 7) is 0. The highest BCUT2D eigenvalue weighted by atomic mass is 19.1. The molecule has 0 fully saturated rings. The average Bonchev–Trinajstić information content (AvgIpc) is 3.24. The summed E-state index contributed by atoms with van der Waals surface area (Å²) < 4.78 is 23.9. The molecule has 3 aromatic rings. The van der Waals surface area contributed by atoms with Crippen LogP contribution in [0.3, 0.4) is 0 Å². The van der Waals surface area contributed by atoms with Gasteiger partial charge in [-0.15, -0.1) is 0 Å². The summed E-state index contributed by atoms with van der Waals surface area (Å²) >= 11 is 0. The van der Waals surface area contributed by atoms with Gasteiger partial charge in [-0.1, -0.05) is 18.2 Å². The van der Waals surface area contributed by atoms with Crippen LogP contribution in [0.5, 0.6) is 0 Å². The first-order valence-electron chi connectivity index (χ1n) is 7.63. The van der Waals surface area contributed by atoms with Crippen LogP contribution < -0.4 is 0 Å². The Morgan fingerprint density at radius 1 is 0.880 bits per heavy atom. The summed E-state index contributed by atoms with van der Waals surface area (Å²) in [6, 6.07) is 18.6. The van der Waals surface area contributed by atoms with Crippen molar-refractivity contribution in [3.63, 3.8) is 0 Å². The molecule has 0 aliphatic carbocycles. The number of benzene rings is 2. The lowest BCUT2D eigenvalue weighted by Crippen LogP contribution is -2.04. The van der Waals surface area contributed by atoms with Crippen molar-refractivity contribution in [1.82, 2.24) is 0 Å². The van der Waals surface area contributed by atoms with Gasteiger partial charge in [0.05, 0.1) is 0 Å². The van der Waals surface area contributed by atoms with Crippen LogP contribution in [-0.4, -0.2) is 11.9 Å². The largest absolute Gasteiger partial charge is 0.457 e. The highest BCUT2D eigenvalue weighted by Crippen LogP contribution is 2.25. The van der Waals surface area contributed by atoms with E-state index in [0.717, 1.165) is 11.1 Å². The molecular weight excluding hydrogens is 321 g/mol. The van der Waals surface area contributed by atoms with Crippen molar-refractivity contribution in [3.05, 3.63) is 89.6 Å². The van der Waals surface area contributed by atoms with Crippen LogP contribution in [0.15, 0.2) is 81.8 Å². The first-order valence-corrected chi connectivity index (χ1v) is 7.63. The summed E-state index contributed by atoms with van der Waals surface area (Å²) in [6.07, 6.45) is 1.52. The monoisotopic (exact) mass is 333 g/mol. The molecule has 1 aromatic heterocycles. The second-order valence-corrected chi connectivity index (χ2v) is 5.41. The third-order valence-electron chi connectivity index (χ3n) is 3.68. The van der Waals surface area contributed by atoms with Crippen LogP contribution in [0.4, 0.5) is 4.39 Å². The number of nitrogens with zero attached hydrogens (tertiary/aromatic N) is 1. The van der Waals surface area contributed by atoms with Crippen LogP contribution in [0.2, 0.25) is 0 Å². The van der Waals surface area contributed by atoms with Gasteiger partial charge in [0.25, 0.3) is 0 Å². The molecule has 0 saturated heterocycles. The van der Waals surface area contributed by atoms with Gasteiger partial charge < -0.3 is 9.15 Å². The van der Waals surface area contributed by atoms with Crippen molar-refractivity contribution < 1.29 is 18.3 Å². The Balaban J connectivity index is 1.62. The molecule has 122 valence electrons. The molecule has 0 saturated carbocycles. The lowest BCUT2D eigenvalue weighted by molar-refractivity contribution is -0.129. The molecule has 2 heterocycles. The number of hydrogen-bond acceptors (Lipinski definition) is 4. The number of hydrogen-bond donors (Lipinski definition) is 0. The summed E-state index contributed by atoms with van der Waals surface area (Å²) in [7, 11) is 0. The summed E-state index contributed by atoms with van der Waals surface area (Å²) in [5.41, 5.74) is 1.64. The molecule has 1 aliphatic heterocycles. The maximum absolute atomic E-state index is 13.0. The van der Waals surface area contributed by atoms with E-state index in [9.17, 15) is 9.18 Å². The number of furan rings is 1. The zero-order valence-corrected chi connectivity index (χ0v) is 13.0. The van der Waals surface area contributed by atoms with Gasteiger partial charge in [0.15, 0.2) is 5.70 Å². The van der Waals surface area contributed by atoms with Gasteiger partial charge in [-0.25, -0.2) is 14.2 Å². The van der Waals surface area contributed by atoms with Crippen molar-refractivity contribution in [3.8, 4) is 11.3 Å². The maximum atomic E-state index is 13.0. The topological polar surface area (TPSA) is 51.8 Å². The Hall–Kier alpha value is -3.47. The first kappa shape index (κ1) is 15.1. The van der Waals surface area contributed by atoms with Gasteiger partial charge in [-0.3, -0.25) is 0 Å². The van der Waals surface area contributed by atoms with E-state index < -0.39 is 5.97 Å². The minimum Gasteiger partial charge on any atom is -0.457 e. The molecule has 4 rings (SSSR count). The van der Waals surface area contributed by atoms with Crippen LogP contribution in [0.25, 0.3) is 17.4 Å². The van der Waals surface area contributed by atoms with E-state index in [0.29, 0.717) is 11.5 Å². The third-order valence-corrected chi connectivity index (χ3v) is 3.68. The fourth-order valence-corrected chi connectivity index (χ4v) is 2.45. The predicted molar refractivity (Wildman–Crippen MR) is 91.2 cm³/mol. The molecular formula is C20H12FNO3. The maximum Gasteiger partial charge on any atom is 0.363 e. The van der Waals surface area contributed by atoms with Gasteiger partial charge in [0.1, 0.15) is 17.3 Å². The van der Waals surface area contributed by atoms with Crippen molar-refractivity contribution in [1.29, 1.82) is 0 Å². The number of aliphatic imine (C=N–C) groups is 1. The second kappa shape index (κ2) is 6.20. The average molecular weight is 333 g/mol. The number of rotatable bonds is 3. The minimum absolute atomic E-state index is 0.166. The van der Waals surface area contributed by atoms with Gasteiger partial charge in [-0.2, -0.15) is 0 Å². The Morgan fingerprint density at radius 3 is 2.40 bits per heavy atom. The number of ether oxygens (including phenoxy) is 1. The Bertz CT molecular complexity index is 985. The standard InChI is InChI=1S/C20H12FNO3/c21-15-8-6-13(7-9-15)18-11-10-16(24-18)12-17-20(23)25-19(22-17)14-4-2-1-3-5-14/h1-12H. The number of cyclic esters (lactones) is 1. The van der Waals surface area contributed by atoms with E-state index in [2.05, 4.69) is 4.99 Å². The molecule has 0 atom stereocenters. The third kappa shape index (κ3) is 3.12. The zero-order chi connectivity index (χ0) is 17.2. The Kier molecular flexibility index (Phi) is 3.74. The molecule has 2 aromatic carbocycles. The van der Waals surface area contributed by atoms with Gasteiger partial charge in [-0.05, 0) is 48.5 Å². The number of esters is 1. The van der Waals surface area contributed by atoms with E-state index in [1.807, 2.05) is 30.3 Å². The quantitative estimate of drug-likeness (QED) is 0.526. The van der Waals surface area contributed by atoms with Gasteiger partial charge >= 0.3 is 5.97 Å². The predicted octanol–water partition coefficient (Wildman–Crippen LogP) is 4.43. The minimum atomic E-state index is -0.529. The normalized spacial score (nSPS) is 15.3. The number of carbonyl (C=O) groups is 1. The summed E-state index contributed by atoms with van der Waals surface area (Å²) in [4.78, 5) is 16.2. The van der Waals surface area contributed by atoms with Gasteiger partial charge in [0, 0.05) is 17.2 Å². The molecule has 0 unspecified atom stereocenters. The SMILES string of the molecule is O=C1OC(c2ccccc2)=NC1=Cc1ccc(-c2ccc(F)cc2)o1. The van der Waals surface area contributed by atoms with E-state index in [1.165, 1.54) is 18.2 Å². The van der Waals surface area contributed by atoms with Crippen LogP contribution in [0.1, 0.15) is 11.3 Å². The molecule has 1 aliphatic rings. The molecule has 0 spiro atoms. The summed E-state index contributed by atoms with van der Waals surface area (Å²) in [5.74, 6) is 0.463. The van der Waals surface area contributed by atoms with Crippen LogP contribution in [-0.2, 0) is 9.53 Å². The molecule has 5 heteroatoms. The van der Waals surface area contributed by atoms with Crippen molar-refractivity contribution in [2.24, 2.45) is 4.99 Å². The lowest BCUT2D eigenvalue weighted by Gasteiger charge is -1.97. The Labute approximate surface area is 142 Å². The van der Waals surface area contributed by atoms with Crippen molar-refractivity contribution in [2.75, 3.05) is 0 Å². The van der Waals surface area contributed by atoms with E-state index >= 15 is 0 Å². The van der Waals surface area contributed by atoms with Gasteiger partial charge in [0.2, 0.25) is 5.90 Å². The van der Waals surface area contributed by atoms with Crippen molar-refractivity contribution in [2.45, 2.75) is 0 Å². The fourth-order valence-electron chi connectivity index (χ4n) is 2.45. The highest BCUT2D eigenvalue weighted by Gasteiger charge is 2.24. The molecule has 4 nitrogen and oxygen atoms in total. The molecule has 25 heavy (non-hydrogen) atoms. The highest BCUT2D eigenvalue weighted by molar-refractivity contribution is 6.12. The van der Waals surface area contributed by atoms with E-state index in [1.54, 1.807) is 24.3 Å². The smallest absolute Gasteiger partial charge is 0.363 e. The number of carbonyl (C=O) groups excluding carboxylic acids is 1. The van der Waals surface area contributed by atoms with Crippen LogP contribution in [0, 0.1) is 5.82 Å². The summed E-state index contributed by atoms with van der Waals surface area (Å²) in [5, 5.41) is 0. The zero-order valence-electron chi connectivity index (χ0n) is 13.0. The van der Waals surface area contributed by atoms with E-state index in [4.69, 9.17) is 9.15 Å². The fraction of sp³-hybridized carbons (Fsp3) is 0.